The minimum atomic E-state index is -2.64. The summed E-state index contributed by atoms with van der Waals surface area (Å²) in [5.74, 6) is 0.594. The van der Waals surface area contributed by atoms with E-state index in [0.29, 0.717) is 11.3 Å². The maximum absolute atomic E-state index is 9.98. The van der Waals surface area contributed by atoms with Crippen LogP contribution >= 0.6 is 0 Å². The van der Waals surface area contributed by atoms with Crippen molar-refractivity contribution in [3.63, 3.8) is 0 Å². The van der Waals surface area contributed by atoms with Crippen LogP contribution in [0.2, 0.25) is 0 Å². The van der Waals surface area contributed by atoms with Crippen LogP contribution in [0.4, 0.5) is 0 Å². The minimum absolute atomic E-state index is 0.594. The second kappa shape index (κ2) is 5.36. The van der Waals surface area contributed by atoms with Crippen LogP contribution in [0.1, 0.15) is 5.56 Å². The zero-order chi connectivity index (χ0) is 10.4. The predicted octanol–water partition coefficient (Wildman–Crippen LogP) is 0.840. The molecule has 76 valence electrons. The summed E-state index contributed by atoms with van der Waals surface area (Å²) in [6.45, 7) is 0. The molecule has 0 aliphatic rings. The lowest BCUT2D eigenvalue weighted by molar-refractivity contribution is 0.319. The van der Waals surface area contributed by atoms with E-state index >= 15 is 0 Å². The van der Waals surface area contributed by atoms with Gasteiger partial charge in [0.15, 0.2) is 11.4 Å². The predicted molar refractivity (Wildman–Crippen MR) is 50.6 cm³/mol. The average molecular weight is 214 g/mol. The number of para-hydroxylation sites is 1. The molecule has 0 radical (unpaired) electrons. The molecular formula is C8H8NO4S-. The summed E-state index contributed by atoms with van der Waals surface area (Å²) in [7, 11) is 1.51. The van der Waals surface area contributed by atoms with E-state index in [1.165, 1.54) is 13.3 Å². The van der Waals surface area contributed by atoms with E-state index in [4.69, 9.17) is 4.74 Å². The third kappa shape index (κ3) is 3.15. The van der Waals surface area contributed by atoms with Crippen molar-refractivity contribution >= 4 is 17.6 Å². The van der Waals surface area contributed by atoms with Crippen molar-refractivity contribution in [2.75, 3.05) is 7.11 Å². The molecule has 0 N–H and O–H groups in total. The number of oxime groups is 1. The summed E-state index contributed by atoms with van der Waals surface area (Å²) in [6, 6.07) is 7.02. The maximum Gasteiger partial charge on any atom is 0.169 e. The van der Waals surface area contributed by atoms with Gasteiger partial charge in [-0.25, -0.2) is 4.21 Å². The molecule has 1 rings (SSSR count). The molecule has 6 heteroatoms. The van der Waals surface area contributed by atoms with Crippen molar-refractivity contribution in [2.45, 2.75) is 0 Å². The second-order valence-corrected chi connectivity index (χ2v) is 2.81. The first-order valence-electron chi connectivity index (χ1n) is 3.67. The van der Waals surface area contributed by atoms with Gasteiger partial charge in [-0.05, 0) is 12.1 Å². The van der Waals surface area contributed by atoms with E-state index < -0.39 is 11.4 Å². The summed E-state index contributed by atoms with van der Waals surface area (Å²) in [6.07, 6.45) is 1.26. The highest BCUT2D eigenvalue weighted by Crippen LogP contribution is 2.14. The summed E-state index contributed by atoms with van der Waals surface area (Å²) in [4.78, 5) is 0. The molecule has 0 saturated heterocycles. The molecule has 0 saturated carbocycles. The Kier molecular flexibility index (Phi) is 4.09. The van der Waals surface area contributed by atoms with E-state index in [2.05, 4.69) is 9.44 Å². The fourth-order valence-corrected chi connectivity index (χ4v) is 1.000. The van der Waals surface area contributed by atoms with E-state index in [0.717, 1.165) is 0 Å². The minimum Gasteiger partial charge on any atom is -0.738 e. The number of rotatable bonds is 4. The summed E-state index contributed by atoms with van der Waals surface area (Å²) < 4.78 is 28.9. The second-order valence-electron chi connectivity index (χ2n) is 2.26. The molecule has 0 aromatic heterocycles. The number of methoxy groups -OCH3 is 1. The van der Waals surface area contributed by atoms with Crippen LogP contribution in [0, 0.1) is 0 Å². The molecule has 0 fully saturated rings. The van der Waals surface area contributed by atoms with Gasteiger partial charge in [-0.15, -0.1) is 0 Å². The molecule has 0 heterocycles. The van der Waals surface area contributed by atoms with Crippen molar-refractivity contribution in [1.29, 1.82) is 0 Å². The van der Waals surface area contributed by atoms with E-state index in [1.54, 1.807) is 24.3 Å². The van der Waals surface area contributed by atoms with Crippen molar-refractivity contribution in [1.82, 2.24) is 0 Å². The highest BCUT2D eigenvalue weighted by Gasteiger charge is 1.96. The molecule has 1 unspecified atom stereocenters. The van der Waals surface area contributed by atoms with Crippen LogP contribution in [0.5, 0.6) is 5.75 Å². The largest absolute Gasteiger partial charge is 0.738 e. The van der Waals surface area contributed by atoms with Crippen molar-refractivity contribution < 1.29 is 17.8 Å². The molecule has 14 heavy (non-hydrogen) atoms. The van der Waals surface area contributed by atoms with Gasteiger partial charge in [0.05, 0.1) is 13.3 Å². The topological polar surface area (TPSA) is 71.0 Å². The third-order valence-electron chi connectivity index (χ3n) is 1.43. The lowest BCUT2D eigenvalue weighted by atomic mass is 10.2. The molecule has 0 spiro atoms. The Morgan fingerprint density at radius 3 is 2.86 bits per heavy atom. The van der Waals surface area contributed by atoms with Gasteiger partial charge in [0, 0.05) is 5.56 Å². The van der Waals surface area contributed by atoms with Crippen LogP contribution in [0.3, 0.4) is 0 Å². The molecule has 0 aliphatic carbocycles. The standard InChI is InChI=1S/C8H9NO4S/c1-12-8-5-3-2-4-7(8)6-9-13-14(10)11/h2-6H,1H3,(H,10,11)/p-1/b9-6+. The van der Waals surface area contributed by atoms with Crippen LogP contribution < -0.4 is 4.74 Å². The molecule has 0 bridgehead atoms. The van der Waals surface area contributed by atoms with Gasteiger partial charge in [-0.2, -0.15) is 0 Å². The van der Waals surface area contributed by atoms with Gasteiger partial charge < -0.3 is 13.6 Å². The van der Waals surface area contributed by atoms with Crippen LogP contribution in [-0.2, 0) is 15.6 Å². The highest BCUT2D eigenvalue weighted by molar-refractivity contribution is 7.74. The SMILES string of the molecule is COc1ccccc1/C=N/OS(=O)[O-]. The Morgan fingerprint density at radius 1 is 1.50 bits per heavy atom. The molecule has 5 nitrogen and oxygen atoms in total. The Balaban J connectivity index is 2.75. The van der Waals surface area contributed by atoms with Gasteiger partial charge in [0.1, 0.15) is 5.75 Å². The van der Waals surface area contributed by atoms with Crippen molar-refractivity contribution in [2.24, 2.45) is 5.16 Å². The summed E-state index contributed by atoms with van der Waals surface area (Å²) in [5, 5.41) is 3.23. The Labute approximate surface area is 83.8 Å². The molecular weight excluding hydrogens is 206 g/mol. The first kappa shape index (κ1) is 10.7. The van der Waals surface area contributed by atoms with E-state index in [-0.39, 0.29) is 0 Å². The van der Waals surface area contributed by atoms with Crippen molar-refractivity contribution in [3.05, 3.63) is 29.8 Å². The number of hydrogen-bond donors (Lipinski definition) is 0. The first-order valence-corrected chi connectivity index (χ1v) is 4.67. The monoisotopic (exact) mass is 214 g/mol. The number of nitrogens with zero attached hydrogens (tertiary/aromatic N) is 1. The fourth-order valence-electron chi connectivity index (χ4n) is 0.887. The van der Waals surface area contributed by atoms with Gasteiger partial charge in [0.2, 0.25) is 0 Å². The van der Waals surface area contributed by atoms with Gasteiger partial charge in [-0.3, -0.25) is 0 Å². The zero-order valence-electron chi connectivity index (χ0n) is 7.38. The molecule has 0 amide bonds. The Bertz CT molecular complexity index is 353. The number of hydrogen-bond acceptors (Lipinski definition) is 5. The van der Waals surface area contributed by atoms with Gasteiger partial charge in [0.25, 0.3) is 0 Å². The lowest BCUT2D eigenvalue weighted by Crippen LogP contribution is -1.92. The van der Waals surface area contributed by atoms with Gasteiger partial charge >= 0.3 is 0 Å². The summed E-state index contributed by atoms with van der Waals surface area (Å²) >= 11 is -2.64. The first-order chi connectivity index (χ1) is 6.74. The van der Waals surface area contributed by atoms with Crippen LogP contribution in [-0.4, -0.2) is 22.1 Å². The molecule has 0 aliphatic heterocycles. The molecule has 1 aromatic rings. The number of ether oxygens (including phenoxy) is 1. The summed E-state index contributed by atoms with van der Waals surface area (Å²) in [5.41, 5.74) is 0.639. The van der Waals surface area contributed by atoms with Crippen LogP contribution in [0.25, 0.3) is 0 Å². The molecule has 1 atom stereocenters. The smallest absolute Gasteiger partial charge is 0.169 e. The fraction of sp³-hybridized carbons (Fsp3) is 0.125. The van der Waals surface area contributed by atoms with Crippen LogP contribution in [0.15, 0.2) is 29.4 Å². The average Bonchev–Trinajstić information content (AvgIpc) is 2.18. The highest BCUT2D eigenvalue weighted by atomic mass is 32.2. The lowest BCUT2D eigenvalue weighted by Gasteiger charge is -2.03. The van der Waals surface area contributed by atoms with E-state index in [1.807, 2.05) is 0 Å². The third-order valence-corrected chi connectivity index (χ3v) is 1.64. The zero-order valence-corrected chi connectivity index (χ0v) is 8.19. The number of benzene rings is 1. The Hall–Kier alpha value is -1.40. The normalized spacial score (nSPS) is 12.7. The van der Waals surface area contributed by atoms with Crippen molar-refractivity contribution in [3.8, 4) is 5.75 Å². The van der Waals surface area contributed by atoms with E-state index in [9.17, 15) is 8.76 Å². The quantitative estimate of drug-likeness (QED) is 0.423. The molecule has 1 aromatic carbocycles. The van der Waals surface area contributed by atoms with Gasteiger partial charge in [-0.1, -0.05) is 17.3 Å². The Morgan fingerprint density at radius 2 is 2.21 bits per heavy atom. The maximum atomic E-state index is 9.98.